The van der Waals surface area contributed by atoms with Gasteiger partial charge in [-0.05, 0) is 57.0 Å². The van der Waals surface area contributed by atoms with E-state index in [1.165, 1.54) is 7.11 Å². The average Bonchev–Trinajstić information content (AvgIpc) is 2.89. The molecule has 1 fully saturated rings. The molecule has 6 nitrogen and oxygen atoms in total. The minimum Gasteiger partial charge on any atom is -0.497 e. The van der Waals surface area contributed by atoms with Gasteiger partial charge in [0.05, 0.1) is 35.2 Å². The van der Waals surface area contributed by atoms with Crippen LogP contribution in [0.4, 0.5) is 17.6 Å². The highest BCUT2D eigenvalue weighted by atomic mass is 32.2. The first-order valence-electron chi connectivity index (χ1n) is 12.2. The Balaban J connectivity index is 1.37. The molecule has 1 atom stereocenters. The number of carbonyl (C=O) groups is 1. The highest BCUT2D eigenvalue weighted by Gasteiger charge is 2.41. The van der Waals surface area contributed by atoms with E-state index < -0.39 is 40.8 Å². The SMILES string of the molecule is COc1ccc2ncc(F)c([C@@H](O)CCC3(C(=O)O)CCN(CCSc4c(F)cc(F)cc4F)CC3)c2c1. The molecular formula is C27H28F4N2O4S. The van der Waals surface area contributed by atoms with Gasteiger partial charge in [0.2, 0.25) is 0 Å². The molecular weight excluding hydrogens is 524 g/mol. The maximum absolute atomic E-state index is 14.7. The summed E-state index contributed by atoms with van der Waals surface area (Å²) in [5.74, 6) is -3.71. The van der Waals surface area contributed by atoms with Crippen molar-refractivity contribution in [2.24, 2.45) is 5.41 Å². The molecule has 204 valence electrons. The van der Waals surface area contributed by atoms with Crippen LogP contribution in [0, 0.1) is 28.7 Å². The van der Waals surface area contributed by atoms with Crippen LogP contribution >= 0.6 is 11.8 Å². The molecule has 0 spiro atoms. The minimum absolute atomic E-state index is 0.0402. The van der Waals surface area contributed by atoms with Gasteiger partial charge in [0, 0.05) is 35.4 Å². The lowest BCUT2D eigenvalue weighted by molar-refractivity contribution is -0.153. The number of aliphatic hydroxyl groups excluding tert-OH is 1. The molecule has 0 radical (unpaired) electrons. The summed E-state index contributed by atoms with van der Waals surface area (Å²) in [6.07, 6.45) is 0.613. The predicted molar refractivity (Wildman–Crippen MR) is 135 cm³/mol. The monoisotopic (exact) mass is 552 g/mol. The molecule has 3 aromatic rings. The molecule has 4 rings (SSSR count). The van der Waals surface area contributed by atoms with Crippen LogP contribution in [0.2, 0.25) is 0 Å². The van der Waals surface area contributed by atoms with E-state index in [4.69, 9.17) is 4.74 Å². The third-order valence-electron chi connectivity index (χ3n) is 7.18. The predicted octanol–water partition coefficient (Wildman–Crippen LogP) is 5.57. The standard InChI is InChI=1S/C27H28F4N2O4S/c1-37-17-2-3-22-18(14-17)24(21(31)15-32-22)23(34)4-5-27(26(35)36)6-8-33(9-7-27)10-11-38-25-19(29)12-16(28)13-20(25)30/h2-3,12-15,23,34H,4-11H2,1H3,(H,35,36)/t23-/m0/s1. The molecule has 2 heterocycles. The number of hydrogen-bond donors (Lipinski definition) is 2. The molecule has 2 aromatic carbocycles. The highest BCUT2D eigenvalue weighted by molar-refractivity contribution is 7.99. The fourth-order valence-corrected chi connectivity index (χ4v) is 5.86. The van der Waals surface area contributed by atoms with E-state index in [9.17, 15) is 32.6 Å². The van der Waals surface area contributed by atoms with E-state index in [-0.39, 0.29) is 23.3 Å². The van der Waals surface area contributed by atoms with Crippen molar-refractivity contribution in [3.8, 4) is 5.75 Å². The van der Waals surface area contributed by atoms with Crippen LogP contribution in [0.15, 0.2) is 41.4 Å². The molecule has 1 aliphatic heterocycles. The number of rotatable bonds is 10. The first kappa shape index (κ1) is 28.1. The third-order valence-corrected chi connectivity index (χ3v) is 8.25. The fraction of sp³-hybridized carbons (Fsp3) is 0.407. The number of nitrogens with zero attached hydrogens (tertiary/aromatic N) is 2. The maximum Gasteiger partial charge on any atom is 0.309 e. The number of aromatic nitrogens is 1. The number of carboxylic acid groups (broad SMARTS) is 1. The number of benzene rings is 2. The summed E-state index contributed by atoms with van der Waals surface area (Å²) in [6, 6.07) is 6.21. The van der Waals surface area contributed by atoms with Gasteiger partial charge in [-0.15, -0.1) is 11.8 Å². The number of likely N-dealkylation sites (tertiary alicyclic amines) is 1. The van der Waals surface area contributed by atoms with Gasteiger partial charge < -0.3 is 19.8 Å². The summed E-state index contributed by atoms with van der Waals surface area (Å²) < 4.78 is 60.8. The summed E-state index contributed by atoms with van der Waals surface area (Å²) in [5, 5.41) is 21.4. The van der Waals surface area contributed by atoms with Gasteiger partial charge in [-0.2, -0.15) is 0 Å². The lowest BCUT2D eigenvalue weighted by Gasteiger charge is -2.39. The van der Waals surface area contributed by atoms with Crippen LogP contribution in [0.5, 0.6) is 5.75 Å². The number of ether oxygens (including phenoxy) is 1. The highest BCUT2D eigenvalue weighted by Crippen LogP contribution is 2.40. The van der Waals surface area contributed by atoms with Crippen molar-refractivity contribution in [1.82, 2.24) is 9.88 Å². The van der Waals surface area contributed by atoms with E-state index in [1.54, 1.807) is 18.2 Å². The molecule has 38 heavy (non-hydrogen) atoms. The first-order valence-corrected chi connectivity index (χ1v) is 13.2. The maximum atomic E-state index is 14.7. The molecule has 0 saturated carbocycles. The number of methoxy groups -OCH3 is 1. The second-order valence-electron chi connectivity index (χ2n) is 9.43. The number of carboxylic acids is 1. The minimum atomic E-state index is -1.24. The normalized spacial score (nSPS) is 16.5. The Hall–Kier alpha value is -2.89. The van der Waals surface area contributed by atoms with Gasteiger partial charge in [0.1, 0.15) is 29.0 Å². The van der Waals surface area contributed by atoms with Crippen molar-refractivity contribution in [2.75, 3.05) is 32.5 Å². The van der Waals surface area contributed by atoms with Crippen LogP contribution in [-0.2, 0) is 4.79 Å². The second-order valence-corrected chi connectivity index (χ2v) is 10.5. The van der Waals surface area contributed by atoms with Gasteiger partial charge >= 0.3 is 5.97 Å². The van der Waals surface area contributed by atoms with E-state index >= 15 is 0 Å². The molecule has 0 aliphatic carbocycles. The van der Waals surface area contributed by atoms with Gasteiger partial charge in [0.15, 0.2) is 0 Å². The van der Waals surface area contributed by atoms with E-state index in [1.807, 2.05) is 4.90 Å². The average molecular weight is 553 g/mol. The number of pyridine rings is 1. The number of aliphatic hydroxyl groups is 1. The van der Waals surface area contributed by atoms with E-state index in [0.717, 1.165) is 18.0 Å². The van der Waals surface area contributed by atoms with E-state index in [0.29, 0.717) is 67.0 Å². The number of thioether (sulfide) groups is 1. The zero-order valence-corrected chi connectivity index (χ0v) is 21.5. The fourth-order valence-electron chi connectivity index (χ4n) is 4.91. The van der Waals surface area contributed by atoms with Crippen molar-refractivity contribution in [3.63, 3.8) is 0 Å². The Morgan fingerprint density at radius 3 is 2.45 bits per heavy atom. The lowest BCUT2D eigenvalue weighted by atomic mass is 9.74. The summed E-state index contributed by atoms with van der Waals surface area (Å²) in [5.41, 5.74) is -0.540. The Morgan fingerprint density at radius 2 is 1.82 bits per heavy atom. The molecule has 1 aliphatic rings. The van der Waals surface area contributed by atoms with Crippen molar-refractivity contribution in [2.45, 2.75) is 36.7 Å². The van der Waals surface area contributed by atoms with Crippen molar-refractivity contribution in [1.29, 1.82) is 0 Å². The Morgan fingerprint density at radius 1 is 1.13 bits per heavy atom. The number of hydrogen-bond acceptors (Lipinski definition) is 6. The Bertz CT molecular complexity index is 1290. The molecule has 2 N–H and O–H groups in total. The quantitative estimate of drug-likeness (QED) is 0.251. The topological polar surface area (TPSA) is 82.9 Å². The number of halogens is 4. The van der Waals surface area contributed by atoms with Crippen molar-refractivity contribution >= 4 is 28.6 Å². The van der Waals surface area contributed by atoms with Crippen LogP contribution in [0.3, 0.4) is 0 Å². The Labute approximate surface area is 221 Å². The molecule has 0 bridgehead atoms. The van der Waals surface area contributed by atoms with Crippen molar-refractivity contribution in [3.05, 3.63) is 65.4 Å². The zero-order chi connectivity index (χ0) is 27.4. The van der Waals surface area contributed by atoms with Gasteiger partial charge in [-0.1, -0.05) is 0 Å². The molecule has 1 saturated heterocycles. The van der Waals surface area contributed by atoms with Crippen LogP contribution in [0.1, 0.15) is 37.4 Å². The molecule has 11 heteroatoms. The summed E-state index contributed by atoms with van der Waals surface area (Å²) in [6.45, 7) is 1.36. The van der Waals surface area contributed by atoms with Crippen LogP contribution in [-0.4, -0.2) is 58.6 Å². The van der Waals surface area contributed by atoms with Crippen LogP contribution < -0.4 is 4.74 Å². The van der Waals surface area contributed by atoms with Gasteiger partial charge in [0.25, 0.3) is 0 Å². The largest absolute Gasteiger partial charge is 0.497 e. The van der Waals surface area contributed by atoms with Crippen molar-refractivity contribution < 1.29 is 37.3 Å². The number of aliphatic carboxylic acids is 1. The first-order chi connectivity index (χ1) is 18.1. The second kappa shape index (κ2) is 11.9. The molecule has 0 unspecified atom stereocenters. The third kappa shape index (κ3) is 6.05. The van der Waals surface area contributed by atoms with Gasteiger partial charge in [-0.3, -0.25) is 9.78 Å². The summed E-state index contributed by atoms with van der Waals surface area (Å²) >= 11 is 0.942. The summed E-state index contributed by atoms with van der Waals surface area (Å²) in [4.78, 5) is 18.1. The van der Waals surface area contributed by atoms with Gasteiger partial charge in [-0.25, -0.2) is 17.6 Å². The Kier molecular flexibility index (Phi) is 8.79. The number of piperidine rings is 1. The van der Waals surface area contributed by atoms with Crippen LogP contribution in [0.25, 0.3) is 10.9 Å². The lowest BCUT2D eigenvalue weighted by Crippen LogP contribution is -2.45. The molecule has 0 amide bonds. The zero-order valence-electron chi connectivity index (χ0n) is 20.7. The molecule has 1 aromatic heterocycles. The smallest absolute Gasteiger partial charge is 0.309 e. The summed E-state index contributed by atoms with van der Waals surface area (Å²) in [7, 11) is 1.48. The number of fused-ring (bicyclic) bond motifs is 1. The van der Waals surface area contributed by atoms with E-state index in [2.05, 4.69) is 4.98 Å².